The highest BCUT2D eigenvalue weighted by Crippen LogP contribution is 2.26. The summed E-state index contributed by atoms with van der Waals surface area (Å²) < 4.78 is 0. The number of aromatic amines is 1. The minimum absolute atomic E-state index is 0.0444. The molecule has 0 radical (unpaired) electrons. The molecule has 1 aliphatic carbocycles. The lowest BCUT2D eigenvalue weighted by Crippen LogP contribution is -2.40. The number of fused-ring (bicyclic) bond motifs is 1. The third-order valence-corrected chi connectivity index (χ3v) is 5.37. The predicted molar refractivity (Wildman–Crippen MR) is 116 cm³/mol. The Hall–Kier alpha value is -3.09. The summed E-state index contributed by atoms with van der Waals surface area (Å²) >= 11 is 0. The number of aliphatic imine (C=N–C) groups is 1. The van der Waals surface area contributed by atoms with Crippen LogP contribution in [0.15, 0.2) is 47.2 Å². The molecule has 1 saturated carbocycles. The van der Waals surface area contributed by atoms with E-state index in [0.717, 1.165) is 42.1 Å². The molecule has 0 bridgehead atoms. The van der Waals surface area contributed by atoms with Crippen molar-refractivity contribution >= 4 is 28.4 Å². The molecule has 0 aliphatic heterocycles. The Morgan fingerprint density at radius 1 is 1.21 bits per heavy atom. The summed E-state index contributed by atoms with van der Waals surface area (Å²) in [7, 11) is 1.50. The first kappa shape index (κ1) is 20.6. The van der Waals surface area contributed by atoms with Gasteiger partial charge in [-0.25, -0.2) is 0 Å². The van der Waals surface area contributed by atoms with Gasteiger partial charge >= 0.3 is 0 Å². The molecule has 1 aromatic heterocycles. The Morgan fingerprint density at radius 2 is 1.97 bits per heavy atom. The molecule has 2 aromatic rings. The van der Waals surface area contributed by atoms with Crippen molar-refractivity contribution in [2.45, 2.75) is 51.1 Å². The number of H-pyrrole nitrogens is 1. The molecule has 1 aromatic carbocycles. The molecular weight excluding hydrogens is 366 g/mol. The molecule has 2 amide bonds. The fraction of sp³-hybridized carbons (Fsp3) is 0.409. The third kappa shape index (κ3) is 5.04. The largest absolute Gasteiger partial charge is 0.394 e. The first-order valence-corrected chi connectivity index (χ1v) is 10.1. The monoisotopic (exact) mass is 395 g/mol. The summed E-state index contributed by atoms with van der Waals surface area (Å²) in [5.41, 5.74) is 8.00. The number of benzene rings is 1. The molecule has 1 fully saturated rings. The van der Waals surface area contributed by atoms with Crippen LogP contribution in [0.4, 0.5) is 0 Å². The smallest absolute Gasteiger partial charge is 0.269 e. The van der Waals surface area contributed by atoms with Gasteiger partial charge in [0.15, 0.2) is 0 Å². The topological polar surface area (TPSA) is 112 Å². The first-order chi connectivity index (χ1) is 14.0. The zero-order chi connectivity index (χ0) is 20.8. The van der Waals surface area contributed by atoms with E-state index < -0.39 is 5.91 Å². The lowest BCUT2D eigenvalue weighted by atomic mass is 9.95. The second-order valence-corrected chi connectivity index (χ2v) is 7.46. The molecule has 0 spiro atoms. The number of carbonyl (C=O) groups excluding carboxylic acids is 2. The minimum Gasteiger partial charge on any atom is -0.394 e. The van der Waals surface area contributed by atoms with Crippen LogP contribution in [0.25, 0.3) is 10.9 Å². The van der Waals surface area contributed by atoms with Crippen LogP contribution < -0.4 is 16.4 Å². The maximum absolute atomic E-state index is 13.0. The highest BCUT2D eigenvalue weighted by Gasteiger charge is 2.20. The quantitative estimate of drug-likeness (QED) is 0.445. The van der Waals surface area contributed by atoms with E-state index in [9.17, 15) is 9.59 Å². The van der Waals surface area contributed by atoms with Crippen molar-refractivity contribution in [2.75, 3.05) is 7.05 Å². The molecule has 5 N–H and O–H groups in total. The van der Waals surface area contributed by atoms with Crippen molar-refractivity contribution in [2.24, 2.45) is 10.7 Å². The van der Waals surface area contributed by atoms with Crippen molar-refractivity contribution < 1.29 is 9.59 Å². The van der Waals surface area contributed by atoms with E-state index in [1.54, 1.807) is 0 Å². The normalized spacial score (nSPS) is 17.2. The lowest BCUT2D eigenvalue weighted by Gasteiger charge is -2.23. The van der Waals surface area contributed by atoms with Gasteiger partial charge in [0.05, 0.1) is 11.7 Å². The highest BCUT2D eigenvalue weighted by molar-refractivity contribution is 6.44. The van der Waals surface area contributed by atoms with Crippen LogP contribution >= 0.6 is 0 Å². The summed E-state index contributed by atoms with van der Waals surface area (Å²) in [5, 5.41) is 6.59. The Balaban J connectivity index is 1.91. The van der Waals surface area contributed by atoms with Gasteiger partial charge in [0.2, 0.25) is 0 Å². The Bertz CT molecular complexity index is 938. The van der Waals surface area contributed by atoms with Crippen LogP contribution in [0.1, 0.15) is 50.6 Å². The van der Waals surface area contributed by atoms with Crippen LogP contribution in [-0.2, 0) is 9.59 Å². The van der Waals surface area contributed by atoms with E-state index in [2.05, 4.69) is 20.6 Å². The standard InChI is InChI=1S/C22H29N5O2/c1-14(16-9-6-10-19-17(16)11-12-25-19)26-20(13-18(23)21(28)24-2)22(29)27-15-7-4-3-5-8-15/h6,9-15,25H,3-5,7-8,23H2,1-2H3,(H,24,28)(H,27,29). The van der Waals surface area contributed by atoms with Crippen LogP contribution in [-0.4, -0.2) is 35.6 Å². The van der Waals surface area contributed by atoms with Crippen LogP contribution in [0.5, 0.6) is 0 Å². The highest BCUT2D eigenvalue weighted by atomic mass is 16.2. The van der Waals surface area contributed by atoms with E-state index in [1.807, 2.05) is 37.4 Å². The maximum atomic E-state index is 13.0. The predicted octanol–water partition coefficient (Wildman–Crippen LogP) is 2.71. The van der Waals surface area contributed by atoms with Gasteiger partial charge in [-0.05, 0) is 43.5 Å². The summed E-state index contributed by atoms with van der Waals surface area (Å²) in [6.07, 6.45) is 8.60. The van der Waals surface area contributed by atoms with E-state index >= 15 is 0 Å². The molecule has 0 saturated heterocycles. The number of carbonyl (C=O) groups is 2. The number of hydrogen-bond acceptors (Lipinski definition) is 4. The lowest BCUT2D eigenvalue weighted by molar-refractivity contribution is -0.117. The Morgan fingerprint density at radius 3 is 2.69 bits per heavy atom. The van der Waals surface area contributed by atoms with E-state index in [0.29, 0.717) is 0 Å². The van der Waals surface area contributed by atoms with Gasteiger partial charge in [-0.15, -0.1) is 0 Å². The zero-order valence-corrected chi connectivity index (χ0v) is 17.0. The number of nitrogens with zero attached hydrogens (tertiary/aromatic N) is 1. The molecule has 1 unspecified atom stereocenters. The van der Waals surface area contributed by atoms with Crippen LogP contribution in [0.3, 0.4) is 0 Å². The summed E-state index contributed by atoms with van der Waals surface area (Å²) in [5.74, 6) is -0.736. The van der Waals surface area contributed by atoms with Gasteiger partial charge in [0.25, 0.3) is 11.8 Å². The first-order valence-electron chi connectivity index (χ1n) is 10.1. The molecule has 1 heterocycles. The SMILES string of the molecule is CNC(=O)C(N)=CC(=NC(C)c1cccc2[nH]ccc12)C(=O)NC1CCCCC1. The van der Waals surface area contributed by atoms with Gasteiger partial charge in [-0.1, -0.05) is 31.4 Å². The van der Waals surface area contributed by atoms with Gasteiger partial charge in [0.1, 0.15) is 5.71 Å². The molecule has 1 aliphatic rings. The molecule has 1 atom stereocenters. The van der Waals surface area contributed by atoms with Crippen molar-refractivity contribution in [1.29, 1.82) is 0 Å². The molecule has 7 heteroatoms. The average Bonchev–Trinajstić information content (AvgIpc) is 3.22. The number of rotatable bonds is 6. The summed E-state index contributed by atoms with van der Waals surface area (Å²) in [4.78, 5) is 32.7. The number of amides is 2. The zero-order valence-electron chi connectivity index (χ0n) is 17.0. The summed E-state index contributed by atoms with van der Waals surface area (Å²) in [6.45, 7) is 1.93. The molecule has 154 valence electrons. The minimum atomic E-state index is -0.441. The molecule has 3 rings (SSSR count). The van der Waals surface area contributed by atoms with Gasteiger partial charge in [-0.2, -0.15) is 0 Å². The third-order valence-electron chi connectivity index (χ3n) is 5.37. The molecule has 29 heavy (non-hydrogen) atoms. The van der Waals surface area contributed by atoms with Gasteiger partial charge < -0.3 is 21.4 Å². The van der Waals surface area contributed by atoms with Crippen molar-refractivity contribution in [3.63, 3.8) is 0 Å². The number of likely N-dealkylation sites (N-methyl/N-ethyl adjacent to an activating group) is 1. The average molecular weight is 396 g/mol. The van der Waals surface area contributed by atoms with Crippen LogP contribution in [0, 0.1) is 0 Å². The van der Waals surface area contributed by atoms with Crippen molar-refractivity contribution in [3.8, 4) is 0 Å². The summed E-state index contributed by atoms with van der Waals surface area (Å²) in [6, 6.07) is 7.79. The maximum Gasteiger partial charge on any atom is 0.269 e. The second kappa shape index (κ2) is 9.41. The Kier molecular flexibility index (Phi) is 6.69. The van der Waals surface area contributed by atoms with Crippen molar-refractivity contribution in [3.05, 3.63) is 47.8 Å². The van der Waals surface area contributed by atoms with Gasteiger partial charge in [0, 0.05) is 30.2 Å². The molecule has 7 nitrogen and oxygen atoms in total. The number of nitrogens with one attached hydrogen (secondary N) is 3. The number of aromatic nitrogens is 1. The van der Waals surface area contributed by atoms with Crippen molar-refractivity contribution in [1.82, 2.24) is 15.6 Å². The number of hydrogen-bond donors (Lipinski definition) is 4. The van der Waals surface area contributed by atoms with E-state index in [4.69, 9.17) is 5.73 Å². The van der Waals surface area contributed by atoms with E-state index in [1.165, 1.54) is 19.5 Å². The number of nitrogens with two attached hydrogens (primary N) is 1. The molecular formula is C22H29N5O2. The van der Waals surface area contributed by atoms with E-state index in [-0.39, 0.29) is 29.4 Å². The second-order valence-electron chi connectivity index (χ2n) is 7.46. The fourth-order valence-corrected chi connectivity index (χ4v) is 3.78. The Labute approximate surface area is 170 Å². The van der Waals surface area contributed by atoms with Crippen LogP contribution in [0.2, 0.25) is 0 Å². The fourth-order valence-electron chi connectivity index (χ4n) is 3.78. The van der Waals surface area contributed by atoms with Gasteiger partial charge in [-0.3, -0.25) is 14.6 Å².